The first-order chi connectivity index (χ1) is 14.3. The third kappa shape index (κ3) is 3.40. The molecule has 0 aromatic heterocycles. The predicted molar refractivity (Wildman–Crippen MR) is 104 cm³/mol. The van der Waals surface area contributed by atoms with Crippen LogP contribution in [0.1, 0.15) is 55.3 Å². The molecule has 5 fully saturated rings. The molecule has 4 nitrogen and oxygen atoms in total. The van der Waals surface area contributed by atoms with Gasteiger partial charge in [0.1, 0.15) is 0 Å². The zero-order chi connectivity index (χ0) is 21.0. The van der Waals surface area contributed by atoms with Crippen molar-refractivity contribution in [2.45, 2.75) is 44.9 Å². The van der Waals surface area contributed by atoms with Gasteiger partial charge in [-0.15, -0.1) is 0 Å². The summed E-state index contributed by atoms with van der Waals surface area (Å²) in [5.41, 5.74) is -0.296. The van der Waals surface area contributed by atoms with Gasteiger partial charge >= 0.3 is 0 Å². The fourth-order valence-electron chi connectivity index (χ4n) is 6.96. The van der Waals surface area contributed by atoms with Crippen LogP contribution in [-0.4, -0.2) is 47.8 Å². The Hall–Kier alpha value is -2.05. The maximum atomic E-state index is 14.0. The Morgan fingerprint density at radius 1 is 0.833 bits per heavy atom. The number of carbonyl (C=O) groups excluding carboxylic acids is 2. The Bertz CT molecular complexity index is 844. The SMILES string of the molecule is O=C(CC12CC3CC(CC(C3)C1)C2)N1CCN(C(=O)c2ccc(F)c(F)c2F)CC1. The predicted octanol–water partition coefficient (Wildman–Crippen LogP) is 3.99. The van der Waals surface area contributed by atoms with Gasteiger partial charge in [0.2, 0.25) is 5.91 Å². The van der Waals surface area contributed by atoms with E-state index in [4.69, 9.17) is 0 Å². The minimum atomic E-state index is -1.63. The molecule has 0 radical (unpaired) electrons. The van der Waals surface area contributed by atoms with Crippen LogP contribution in [-0.2, 0) is 4.79 Å². The second-order valence-electron chi connectivity index (χ2n) is 9.99. The molecule has 162 valence electrons. The maximum Gasteiger partial charge on any atom is 0.257 e. The number of rotatable bonds is 3. The molecule has 0 N–H and O–H groups in total. The molecule has 0 unspecified atom stereocenters. The van der Waals surface area contributed by atoms with Crippen molar-refractivity contribution < 1.29 is 22.8 Å². The molecule has 30 heavy (non-hydrogen) atoms. The highest BCUT2D eigenvalue weighted by Gasteiger charge is 2.51. The second kappa shape index (κ2) is 7.27. The summed E-state index contributed by atoms with van der Waals surface area (Å²) in [6.45, 7) is 1.32. The lowest BCUT2D eigenvalue weighted by Gasteiger charge is -2.57. The summed E-state index contributed by atoms with van der Waals surface area (Å²) in [7, 11) is 0. The van der Waals surface area contributed by atoms with Gasteiger partial charge in [0.15, 0.2) is 17.5 Å². The van der Waals surface area contributed by atoms with Gasteiger partial charge in [-0.25, -0.2) is 13.2 Å². The minimum Gasteiger partial charge on any atom is -0.339 e. The van der Waals surface area contributed by atoms with Gasteiger partial charge in [0.05, 0.1) is 5.56 Å². The summed E-state index contributed by atoms with van der Waals surface area (Å²) in [6.07, 6.45) is 8.16. The van der Waals surface area contributed by atoms with E-state index in [-0.39, 0.29) is 24.4 Å². The van der Waals surface area contributed by atoms with E-state index in [1.165, 1.54) is 43.4 Å². The highest BCUT2D eigenvalue weighted by atomic mass is 19.2. The van der Waals surface area contributed by atoms with E-state index in [1.807, 2.05) is 4.90 Å². The van der Waals surface area contributed by atoms with Gasteiger partial charge in [0, 0.05) is 32.6 Å². The van der Waals surface area contributed by atoms with Crippen LogP contribution >= 0.6 is 0 Å². The molecule has 5 aliphatic rings. The average molecular weight is 420 g/mol. The van der Waals surface area contributed by atoms with Crippen LogP contribution in [0.25, 0.3) is 0 Å². The van der Waals surface area contributed by atoms with Crippen molar-refractivity contribution in [3.63, 3.8) is 0 Å². The summed E-state index contributed by atoms with van der Waals surface area (Å²) in [4.78, 5) is 28.8. The van der Waals surface area contributed by atoms with Crippen molar-refractivity contribution in [2.24, 2.45) is 23.2 Å². The molecule has 1 aromatic rings. The van der Waals surface area contributed by atoms with Gasteiger partial charge in [0.25, 0.3) is 5.91 Å². The van der Waals surface area contributed by atoms with Crippen molar-refractivity contribution in [3.8, 4) is 0 Å². The Morgan fingerprint density at radius 3 is 1.93 bits per heavy atom. The fraction of sp³-hybridized carbons (Fsp3) is 0.652. The van der Waals surface area contributed by atoms with Gasteiger partial charge in [-0.1, -0.05) is 0 Å². The van der Waals surface area contributed by atoms with Crippen molar-refractivity contribution >= 4 is 11.8 Å². The van der Waals surface area contributed by atoms with Crippen LogP contribution in [0.4, 0.5) is 13.2 Å². The molecule has 6 rings (SSSR count). The number of amides is 2. The first kappa shape index (κ1) is 19.9. The second-order valence-corrected chi connectivity index (χ2v) is 9.99. The maximum absolute atomic E-state index is 14.0. The number of piperazine rings is 1. The molecule has 4 saturated carbocycles. The zero-order valence-corrected chi connectivity index (χ0v) is 17.0. The highest BCUT2D eigenvalue weighted by molar-refractivity contribution is 5.94. The van der Waals surface area contributed by atoms with Gasteiger partial charge in [-0.3, -0.25) is 9.59 Å². The standard InChI is InChI=1S/C23H27F3N2O2/c24-18-2-1-17(20(25)21(18)26)22(30)28-5-3-27(4-6-28)19(29)13-23-10-14-7-15(11-23)9-16(8-14)12-23/h1-2,14-16H,3-13H2. The van der Waals surface area contributed by atoms with Crippen LogP contribution in [0.3, 0.4) is 0 Å². The Kier molecular flexibility index (Phi) is 4.82. The third-order valence-corrected chi connectivity index (χ3v) is 7.88. The van der Waals surface area contributed by atoms with E-state index in [2.05, 4.69) is 0 Å². The van der Waals surface area contributed by atoms with E-state index in [0.717, 1.165) is 29.9 Å². The van der Waals surface area contributed by atoms with E-state index < -0.39 is 28.9 Å². The lowest BCUT2D eigenvalue weighted by atomic mass is 9.49. The molecular weight excluding hydrogens is 393 g/mol. The Balaban J connectivity index is 1.20. The highest BCUT2D eigenvalue weighted by Crippen LogP contribution is 2.61. The number of hydrogen-bond donors (Lipinski definition) is 0. The largest absolute Gasteiger partial charge is 0.339 e. The van der Waals surface area contributed by atoms with Crippen LogP contribution in [0.15, 0.2) is 12.1 Å². The zero-order valence-electron chi connectivity index (χ0n) is 17.0. The summed E-state index contributed by atoms with van der Waals surface area (Å²) in [6, 6.07) is 1.73. The molecule has 2 amide bonds. The monoisotopic (exact) mass is 420 g/mol. The van der Waals surface area contributed by atoms with Gasteiger partial charge in [-0.05, 0) is 73.8 Å². The van der Waals surface area contributed by atoms with Crippen LogP contribution in [0, 0.1) is 40.6 Å². The topological polar surface area (TPSA) is 40.6 Å². The number of nitrogens with zero attached hydrogens (tertiary/aromatic N) is 2. The van der Waals surface area contributed by atoms with Gasteiger partial charge in [-0.2, -0.15) is 0 Å². The minimum absolute atomic E-state index is 0.156. The smallest absolute Gasteiger partial charge is 0.257 e. The van der Waals surface area contributed by atoms with Crippen LogP contribution in [0.5, 0.6) is 0 Å². The first-order valence-corrected chi connectivity index (χ1v) is 11.0. The van der Waals surface area contributed by atoms with Crippen molar-refractivity contribution in [3.05, 3.63) is 35.1 Å². The van der Waals surface area contributed by atoms with Gasteiger partial charge < -0.3 is 9.80 Å². The summed E-state index contributed by atoms with van der Waals surface area (Å²) in [5.74, 6) is -2.53. The molecule has 0 spiro atoms. The van der Waals surface area contributed by atoms with Crippen molar-refractivity contribution in [2.75, 3.05) is 26.2 Å². The first-order valence-electron chi connectivity index (χ1n) is 11.0. The molecular formula is C23H27F3N2O2. The van der Waals surface area contributed by atoms with E-state index >= 15 is 0 Å². The van der Waals surface area contributed by atoms with Crippen LogP contribution in [0.2, 0.25) is 0 Å². The third-order valence-electron chi connectivity index (χ3n) is 7.88. The van der Waals surface area contributed by atoms with E-state index in [9.17, 15) is 22.8 Å². The average Bonchev–Trinajstić information content (AvgIpc) is 2.70. The summed E-state index contributed by atoms with van der Waals surface area (Å²) in [5, 5.41) is 0. The molecule has 1 aromatic carbocycles. The number of hydrogen-bond acceptors (Lipinski definition) is 2. The van der Waals surface area contributed by atoms with E-state index in [1.54, 1.807) is 0 Å². The molecule has 4 aliphatic carbocycles. The number of carbonyl (C=O) groups is 2. The number of benzene rings is 1. The molecule has 1 aliphatic heterocycles. The summed E-state index contributed by atoms with van der Waals surface area (Å²) < 4.78 is 40.6. The Morgan fingerprint density at radius 2 is 1.37 bits per heavy atom. The van der Waals surface area contributed by atoms with Crippen molar-refractivity contribution in [1.29, 1.82) is 0 Å². The molecule has 4 bridgehead atoms. The lowest BCUT2D eigenvalue weighted by Crippen LogP contribution is -2.53. The quantitative estimate of drug-likeness (QED) is 0.694. The Labute approximate surface area is 174 Å². The lowest BCUT2D eigenvalue weighted by molar-refractivity contribution is -0.141. The fourth-order valence-corrected chi connectivity index (χ4v) is 6.96. The molecule has 7 heteroatoms. The van der Waals surface area contributed by atoms with Crippen molar-refractivity contribution in [1.82, 2.24) is 9.80 Å². The van der Waals surface area contributed by atoms with Crippen LogP contribution < -0.4 is 0 Å². The molecule has 1 heterocycles. The number of halogens is 3. The molecule has 0 atom stereocenters. The van der Waals surface area contributed by atoms with E-state index in [0.29, 0.717) is 19.5 Å². The summed E-state index contributed by atoms with van der Waals surface area (Å²) >= 11 is 0. The normalized spacial score (nSPS) is 32.6. The molecule has 1 saturated heterocycles.